The van der Waals surface area contributed by atoms with Gasteiger partial charge in [0.15, 0.2) is 0 Å². The molecule has 1 fully saturated rings. The molecule has 1 saturated heterocycles. The largest absolute Gasteiger partial charge is 0.444 e. The second kappa shape index (κ2) is 7.53. The van der Waals surface area contributed by atoms with Crippen molar-refractivity contribution in [1.29, 1.82) is 0 Å². The Kier molecular flexibility index (Phi) is 6.14. The molecule has 1 amide bonds. The maximum Gasteiger partial charge on any atom is 0.410 e. The number of nitrogens with zero attached hydrogens (tertiary/aromatic N) is 1. The van der Waals surface area contributed by atoms with E-state index in [1.54, 1.807) is 16.2 Å². The van der Waals surface area contributed by atoms with E-state index < -0.39 is 5.60 Å². The van der Waals surface area contributed by atoms with Gasteiger partial charge in [-0.1, -0.05) is 6.92 Å². The second-order valence-corrected chi connectivity index (χ2v) is 9.55. The molecule has 0 saturated carbocycles. The minimum atomic E-state index is -0.445. The first-order valence-corrected chi connectivity index (χ1v) is 9.70. The topological polar surface area (TPSA) is 38.8 Å². The zero-order valence-corrected chi connectivity index (χ0v) is 16.8. The summed E-state index contributed by atoms with van der Waals surface area (Å²) in [5, 5.41) is 0. The molecular formula is C17H26BrNO3S. The van der Waals surface area contributed by atoms with Crippen LogP contribution in [-0.2, 0) is 16.1 Å². The van der Waals surface area contributed by atoms with E-state index in [2.05, 4.69) is 28.9 Å². The molecule has 0 radical (unpaired) electrons. The van der Waals surface area contributed by atoms with Gasteiger partial charge in [0.2, 0.25) is 0 Å². The number of carbonyl (C=O) groups is 1. The zero-order valence-electron chi connectivity index (χ0n) is 14.4. The standard InChI is InChI=1S/C17H26BrNO3S/c1-5-17(21-12-13-6-7-14(18)23-13)8-10-19(11-9-17)15(20)22-16(2,3)4/h6-7H,5,8-12H2,1-4H3. The summed E-state index contributed by atoms with van der Waals surface area (Å²) in [5.41, 5.74) is -0.575. The van der Waals surface area contributed by atoms with Crippen molar-refractivity contribution in [3.8, 4) is 0 Å². The van der Waals surface area contributed by atoms with Crippen molar-refractivity contribution >= 4 is 33.4 Å². The van der Waals surface area contributed by atoms with Crippen LogP contribution in [0, 0.1) is 0 Å². The summed E-state index contributed by atoms with van der Waals surface area (Å²) < 4.78 is 12.8. The summed E-state index contributed by atoms with van der Waals surface area (Å²) >= 11 is 5.19. The molecule has 0 unspecified atom stereocenters. The van der Waals surface area contributed by atoms with E-state index in [9.17, 15) is 4.79 Å². The maximum absolute atomic E-state index is 12.2. The first-order chi connectivity index (χ1) is 10.7. The summed E-state index contributed by atoms with van der Waals surface area (Å²) in [6.07, 6.45) is 2.45. The van der Waals surface area contributed by atoms with Gasteiger partial charge in [-0.15, -0.1) is 11.3 Å². The smallest absolute Gasteiger partial charge is 0.410 e. The Bertz CT molecular complexity index is 530. The molecule has 0 bridgehead atoms. The Morgan fingerprint density at radius 1 is 1.35 bits per heavy atom. The average molecular weight is 404 g/mol. The van der Waals surface area contributed by atoms with Crippen LogP contribution >= 0.6 is 27.3 Å². The molecule has 6 heteroatoms. The van der Waals surface area contributed by atoms with Gasteiger partial charge < -0.3 is 14.4 Å². The van der Waals surface area contributed by atoms with Gasteiger partial charge in [0.25, 0.3) is 0 Å². The van der Waals surface area contributed by atoms with Crippen molar-refractivity contribution in [2.45, 2.75) is 64.8 Å². The molecule has 1 aromatic rings. The number of thiophene rings is 1. The summed E-state index contributed by atoms with van der Waals surface area (Å²) in [7, 11) is 0. The predicted molar refractivity (Wildman–Crippen MR) is 96.9 cm³/mol. The molecule has 4 nitrogen and oxygen atoms in total. The lowest BCUT2D eigenvalue weighted by molar-refractivity contribution is -0.0946. The summed E-state index contributed by atoms with van der Waals surface area (Å²) in [6, 6.07) is 4.14. The Morgan fingerprint density at radius 2 is 2.00 bits per heavy atom. The van der Waals surface area contributed by atoms with E-state index in [0.717, 1.165) is 23.0 Å². The van der Waals surface area contributed by atoms with Gasteiger partial charge >= 0.3 is 6.09 Å². The fraction of sp³-hybridized carbons (Fsp3) is 0.706. The third-order valence-corrected chi connectivity index (χ3v) is 5.72. The SMILES string of the molecule is CCC1(OCc2ccc(Br)s2)CCN(C(=O)OC(C)(C)C)CC1. The van der Waals surface area contributed by atoms with Crippen molar-refractivity contribution < 1.29 is 14.3 Å². The third-order valence-electron chi connectivity index (χ3n) is 4.12. The highest BCUT2D eigenvalue weighted by Gasteiger charge is 2.36. The highest BCUT2D eigenvalue weighted by Crippen LogP contribution is 2.32. The van der Waals surface area contributed by atoms with Crippen LogP contribution in [0.2, 0.25) is 0 Å². The third kappa shape index (κ3) is 5.47. The van der Waals surface area contributed by atoms with Gasteiger partial charge in [-0.05, 0) is 68.1 Å². The quantitative estimate of drug-likeness (QED) is 0.692. The van der Waals surface area contributed by atoms with Crippen LogP contribution < -0.4 is 0 Å². The Balaban J connectivity index is 1.87. The summed E-state index contributed by atoms with van der Waals surface area (Å²) in [6.45, 7) is 9.87. The van der Waals surface area contributed by atoms with Gasteiger partial charge in [-0.2, -0.15) is 0 Å². The molecule has 23 heavy (non-hydrogen) atoms. The van der Waals surface area contributed by atoms with E-state index in [0.29, 0.717) is 19.7 Å². The number of likely N-dealkylation sites (tertiary alicyclic amines) is 1. The van der Waals surface area contributed by atoms with Gasteiger partial charge in [-0.25, -0.2) is 4.79 Å². The molecular weight excluding hydrogens is 378 g/mol. The number of hydrogen-bond donors (Lipinski definition) is 0. The maximum atomic E-state index is 12.2. The number of halogens is 1. The van der Waals surface area contributed by atoms with Crippen LogP contribution in [0.3, 0.4) is 0 Å². The molecule has 1 aliphatic heterocycles. The van der Waals surface area contributed by atoms with Crippen molar-refractivity contribution in [2.75, 3.05) is 13.1 Å². The van der Waals surface area contributed by atoms with Gasteiger partial charge in [-0.3, -0.25) is 0 Å². The van der Waals surface area contributed by atoms with Crippen LogP contribution in [0.5, 0.6) is 0 Å². The monoisotopic (exact) mass is 403 g/mol. The molecule has 0 atom stereocenters. The number of hydrogen-bond acceptors (Lipinski definition) is 4. The second-order valence-electron chi connectivity index (χ2n) is 7.00. The number of piperidine rings is 1. The van der Waals surface area contributed by atoms with Crippen molar-refractivity contribution in [3.05, 3.63) is 20.8 Å². The van der Waals surface area contributed by atoms with Crippen LogP contribution in [0.15, 0.2) is 15.9 Å². The molecule has 0 spiro atoms. The minimum absolute atomic E-state index is 0.130. The molecule has 0 aromatic carbocycles. The highest BCUT2D eigenvalue weighted by molar-refractivity contribution is 9.11. The molecule has 0 aliphatic carbocycles. The zero-order chi connectivity index (χ0) is 17.1. The lowest BCUT2D eigenvalue weighted by atomic mass is 9.88. The van der Waals surface area contributed by atoms with Gasteiger partial charge in [0, 0.05) is 18.0 Å². The van der Waals surface area contributed by atoms with E-state index >= 15 is 0 Å². The van der Waals surface area contributed by atoms with Crippen molar-refractivity contribution in [3.63, 3.8) is 0 Å². The fourth-order valence-electron chi connectivity index (χ4n) is 2.68. The molecule has 2 heterocycles. The predicted octanol–water partition coefficient (Wildman–Crippen LogP) is 5.21. The number of ether oxygens (including phenoxy) is 2. The summed E-state index contributed by atoms with van der Waals surface area (Å²) in [5.74, 6) is 0. The van der Waals surface area contributed by atoms with Crippen LogP contribution in [0.25, 0.3) is 0 Å². The Morgan fingerprint density at radius 3 is 2.48 bits per heavy atom. The Hall–Kier alpha value is -0.590. The van der Waals surface area contributed by atoms with E-state index in [1.807, 2.05) is 26.8 Å². The molecule has 0 N–H and O–H groups in total. The van der Waals surface area contributed by atoms with Gasteiger partial charge in [0.05, 0.1) is 16.0 Å². The number of carbonyl (C=O) groups excluding carboxylic acids is 1. The van der Waals surface area contributed by atoms with E-state index in [4.69, 9.17) is 9.47 Å². The van der Waals surface area contributed by atoms with Crippen LogP contribution in [-0.4, -0.2) is 35.3 Å². The van der Waals surface area contributed by atoms with Crippen LogP contribution in [0.4, 0.5) is 4.79 Å². The fourth-order valence-corrected chi connectivity index (χ4v) is 4.07. The van der Waals surface area contributed by atoms with E-state index in [1.165, 1.54) is 4.88 Å². The van der Waals surface area contributed by atoms with Crippen LogP contribution in [0.1, 0.15) is 51.8 Å². The summed E-state index contributed by atoms with van der Waals surface area (Å²) in [4.78, 5) is 15.2. The van der Waals surface area contributed by atoms with Crippen molar-refractivity contribution in [2.24, 2.45) is 0 Å². The molecule has 1 aromatic heterocycles. The molecule has 130 valence electrons. The Labute approximate surface area is 151 Å². The first-order valence-electron chi connectivity index (χ1n) is 8.09. The van der Waals surface area contributed by atoms with Crippen molar-refractivity contribution in [1.82, 2.24) is 4.90 Å². The first kappa shape index (κ1) is 18.7. The lowest BCUT2D eigenvalue weighted by Crippen LogP contribution is -2.49. The minimum Gasteiger partial charge on any atom is -0.444 e. The molecule has 1 aliphatic rings. The molecule has 2 rings (SSSR count). The number of amides is 1. The average Bonchev–Trinajstić information content (AvgIpc) is 2.89. The highest BCUT2D eigenvalue weighted by atomic mass is 79.9. The van der Waals surface area contributed by atoms with Gasteiger partial charge in [0.1, 0.15) is 5.60 Å². The lowest BCUT2D eigenvalue weighted by Gasteiger charge is -2.41. The number of rotatable bonds is 4. The van der Waals surface area contributed by atoms with E-state index in [-0.39, 0.29) is 11.7 Å². The normalized spacial score (nSPS) is 18.0.